The number of hydrogen-bond acceptors (Lipinski definition) is 7. The maximum atomic E-state index is 11.6. The van der Waals surface area contributed by atoms with Crippen molar-refractivity contribution < 1.29 is 9.90 Å². The van der Waals surface area contributed by atoms with Crippen LogP contribution in [-0.4, -0.2) is 30.8 Å². The highest BCUT2D eigenvalue weighted by Crippen LogP contribution is 2.18. The number of nitrogens with one attached hydrogen (secondary N) is 2. The average Bonchev–Trinajstić information content (AvgIpc) is 2.99. The Morgan fingerprint density at radius 3 is 2.68 bits per heavy atom. The molecular formula is C16H17N7O2. The zero-order valence-corrected chi connectivity index (χ0v) is 13.5. The molecule has 9 heteroatoms. The Balaban J connectivity index is 1.80. The maximum Gasteiger partial charge on any atom is 0.254 e. The second kappa shape index (κ2) is 6.87. The van der Waals surface area contributed by atoms with Gasteiger partial charge in [-0.15, -0.1) is 0 Å². The molecule has 0 unspecified atom stereocenters. The molecule has 2 aromatic heterocycles. The Bertz CT molecular complexity index is 890. The molecule has 3 aromatic rings. The number of primary amides is 1. The summed E-state index contributed by atoms with van der Waals surface area (Å²) in [6, 6.07) is 6.70. The summed E-state index contributed by atoms with van der Waals surface area (Å²) in [5.74, 6) is 0.195. The molecule has 25 heavy (non-hydrogen) atoms. The highest BCUT2D eigenvalue weighted by Gasteiger charge is 2.12. The van der Waals surface area contributed by atoms with Gasteiger partial charge in [0.15, 0.2) is 0 Å². The number of nitrogens with two attached hydrogens (primary N) is 1. The Morgan fingerprint density at radius 2 is 2.04 bits per heavy atom. The minimum Gasteiger partial charge on any atom is -0.508 e. The molecule has 3 rings (SSSR count). The van der Waals surface area contributed by atoms with Gasteiger partial charge in [0.05, 0.1) is 17.4 Å². The Labute approximate surface area is 143 Å². The SMILES string of the molecule is Cn1cc(Nc2ncc(C(N)=O)c(NCc3ccc(O)cc3)n2)cn1. The van der Waals surface area contributed by atoms with Crippen LogP contribution in [-0.2, 0) is 13.6 Å². The molecule has 0 bridgehead atoms. The van der Waals surface area contributed by atoms with Crippen molar-refractivity contribution >= 4 is 23.4 Å². The van der Waals surface area contributed by atoms with Gasteiger partial charge < -0.3 is 21.5 Å². The molecule has 1 amide bonds. The topological polar surface area (TPSA) is 131 Å². The van der Waals surface area contributed by atoms with E-state index in [0.29, 0.717) is 18.3 Å². The quantitative estimate of drug-likeness (QED) is 0.533. The number of carbonyl (C=O) groups is 1. The molecular weight excluding hydrogens is 322 g/mol. The van der Waals surface area contributed by atoms with E-state index in [-0.39, 0.29) is 11.3 Å². The normalized spacial score (nSPS) is 10.4. The fraction of sp³-hybridized carbons (Fsp3) is 0.125. The van der Waals surface area contributed by atoms with E-state index in [1.807, 2.05) is 0 Å². The van der Waals surface area contributed by atoms with Crippen LogP contribution in [0.15, 0.2) is 42.9 Å². The lowest BCUT2D eigenvalue weighted by atomic mass is 10.2. The van der Waals surface area contributed by atoms with Crippen LogP contribution >= 0.6 is 0 Å². The fourth-order valence-corrected chi connectivity index (χ4v) is 2.17. The smallest absolute Gasteiger partial charge is 0.254 e. The second-order valence-electron chi connectivity index (χ2n) is 5.37. The summed E-state index contributed by atoms with van der Waals surface area (Å²) < 4.78 is 1.64. The van der Waals surface area contributed by atoms with Crippen molar-refractivity contribution in [3.05, 3.63) is 54.0 Å². The standard InChI is InChI=1S/C16H17N7O2/c1-23-9-11(7-20-23)21-16-19-8-13(14(17)25)15(22-16)18-6-10-2-4-12(24)5-3-10/h2-5,7-9,24H,6H2,1H3,(H2,17,25)(H2,18,19,21,22). The van der Waals surface area contributed by atoms with Crippen molar-refractivity contribution in [2.45, 2.75) is 6.54 Å². The van der Waals surface area contributed by atoms with Crippen molar-refractivity contribution in [1.29, 1.82) is 0 Å². The van der Waals surface area contributed by atoms with E-state index < -0.39 is 5.91 Å². The first kappa shape index (κ1) is 16.2. The van der Waals surface area contributed by atoms with Gasteiger partial charge in [0.2, 0.25) is 5.95 Å². The number of phenolic OH excluding ortho intramolecular Hbond substituents is 1. The van der Waals surface area contributed by atoms with Gasteiger partial charge in [-0.3, -0.25) is 9.48 Å². The molecule has 0 spiro atoms. The molecule has 5 N–H and O–H groups in total. The Kier molecular flexibility index (Phi) is 4.46. The predicted octanol–water partition coefficient (Wildman–Crippen LogP) is 1.37. The highest BCUT2D eigenvalue weighted by atomic mass is 16.3. The molecule has 0 fully saturated rings. The summed E-state index contributed by atoms with van der Waals surface area (Å²) in [4.78, 5) is 20.0. The summed E-state index contributed by atoms with van der Waals surface area (Å²) in [6.45, 7) is 0.407. The lowest BCUT2D eigenvalue weighted by Crippen LogP contribution is -2.17. The van der Waals surface area contributed by atoms with Gasteiger partial charge in [0, 0.05) is 26.0 Å². The number of nitrogens with zero attached hydrogens (tertiary/aromatic N) is 4. The molecule has 0 aliphatic carbocycles. The van der Waals surface area contributed by atoms with Crippen LogP contribution in [0.25, 0.3) is 0 Å². The molecule has 0 atom stereocenters. The molecule has 0 saturated heterocycles. The Hall–Kier alpha value is -3.62. The van der Waals surface area contributed by atoms with Crippen molar-refractivity contribution in [2.75, 3.05) is 10.6 Å². The van der Waals surface area contributed by atoms with Gasteiger partial charge in [0.25, 0.3) is 5.91 Å². The first-order chi connectivity index (χ1) is 12.0. The van der Waals surface area contributed by atoms with Crippen LogP contribution in [0.2, 0.25) is 0 Å². The number of carbonyl (C=O) groups excluding carboxylic acids is 1. The van der Waals surface area contributed by atoms with Gasteiger partial charge in [-0.25, -0.2) is 4.98 Å². The van der Waals surface area contributed by atoms with Crippen molar-refractivity contribution in [2.24, 2.45) is 12.8 Å². The summed E-state index contributed by atoms with van der Waals surface area (Å²) in [6.07, 6.45) is 4.77. The van der Waals surface area contributed by atoms with Crippen LogP contribution < -0.4 is 16.4 Å². The van der Waals surface area contributed by atoms with Crippen molar-refractivity contribution in [3.8, 4) is 5.75 Å². The third-order valence-corrected chi connectivity index (χ3v) is 3.41. The molecule has 0 aliphatic rings. The van der Waals surface area contributed by atoms with E-state index in [9.17, 15) is 9.90 Å². The van der Waals surface area contributed by atoms with Crippen LogP contribution in [0.1, 0.15) is 15.9 Å². The first-order valence-corrected chi connectivity index (χ1v) is 7.45. The van der Waals surface area contributed by atoms with Gasteiger partial charge in [-0.05, 0) is 17.7 Å². The van der Waals surface area contributed by atoms with Crippen molar-refractivity contribution in [1.82, 2.24) is 19.7 Å². The molecule has 128 valence electrons. The molecule has 9 nitrogen and oxygen atoms in total. The van der Waals surface area contributed by atoms with E-state index in [2.05, 4.69) is 25.7 Å². The van der Waals surface area contributed by atoms with E-state index in [0.717, 1.165) is 11.3 Å². The third kappa shape index (κ3) is 4.02. The van der Waals surface area contributed by atoms with Gasteiger partial charge in [-0.1, -0.05) is 12.1 Å². The number of phenols is 1. The van der Waals surface area contributed by atoms with Gasteiger partial charge in [-0.2, -0.15) is 10.1 Å². The van der Waals surface area contributed by atoms with E-state index >= 15 is 0 Å². The number of hydrogen-bond donors (Lipinski definition) is 4. The van der Waals surface area contributed by atoms with Crippen LogP contribution in [0.5, 0.6) is 5.75 Å². The van der Waals surface area contributed by atoms with Crippen molar-refractivity contribution in [3.63, 3.8) is 0 Å². The van der Waals surface area contributed by atoms with Gasteiger partial charge >= 0.3 is 0 Å². The number of anilines is 3. The van der Waals surface area contributed by atoms with Crippen LogP contribution in [0.3, 0.4) is 0 Å². The number of benzene rings is 1. The van der Waals surface area contributed by atoms with E-state index in [4.69, 9.17) is 5.73 Å². The minimum atomic E-state index is -0.624. The van der Waals surface area contributed by atoms with Gasteiger partial charge in [0.1, 0.15) is 11.6 Å². The first-order valence-electron chi connectivity index (χ1n) is 7.45. The molecule has 0 radical (unpaired) electrons. The zero-order valence-electron chi connectivity index (χ0n) is 13.5. The van der Waals surface area contributed by atoms with Crippen LogP contribution in [0.4, 0.5) is 17.5 Å². The lowest BCUT2D eigenvalue weighted by molar-refractivity contribution is 0.100. The average molecular weight is 339 g/mol. The highest BCUT2D eigenvalue weighted by molar-refractivity contribution is 5.97. The Morgan fingerprint density at radius 1 is 1.28 bits per heavy atom. The van der Waals surface area contributed by atoms with E-state index in [1.165, 1.54) is 6.20 Å². The molecule has 1 aromatic carbocycles. The predicted molar refractivity (Wildman–Crippen MR) is 92.5 cm³/mol. The summed E-state index contributed by atoms with van der Waals surface area (Å²) in [7, 11) is 1.80. The summed E-state index contributed by atoms with van der Waals surface area (Å²) >= 11 is 0. The third-order valence-electron chi connectivity index (χ3n) is 3.41. The molecule has 2 heterocycles. The largest absolute Gasteiger partial charge is 0.508 e. The zero-order chi connectivity index (χ0) is 17.8. The number of aromatic nitrogens is 4. The number of aryl methyl sites for hydroxylation is 1. The monoisotopic (exact) mass is 339 g/mol. The molecule has 0 saturated carbocycles. The number of aromatic hydroxyl groups is 1. The van der Waals surface area contributed by atoms with Crippen LogP contribution in [0, 0.1) is 0 Å². The molecule has 0 aliphatic heterocycles. The second-order valence-corrected chi connectivity index (χ2v) is 5.37. The van der Waals surface area contributed by atoms with E-state index in [1.54, 1.807) is 48.4 Å². The summed E-state index contributed by atoms with van der Waals surface area (Å²) in [5.41, 5.74) is 7.21. The number of amides is 1. The minimum absolute atomic E-state index is 0.187. The maximum absolute atomic E-state index is 11.6. The summed E-state index contributed by atoms with van der Waals surface area (Å²) in [5, 5.41) is 19.4. The fourth-order valence-electron chi connectivity index (χ4n) is 2.17. The number of rotatable bonds is 6. The lowest BCUT2D eigenvalue weighted by Gasteiger charge is -2.11.